The maximum Gasteiger partial charge on any atom is 0.340 e. The van der Waals surface area contributed by atoms with E-state index in [1.54, 1.807) is 6.20 Å². The Morgan fingerprint density at radius 2 is 2.07 bits per heavy atom. The Bertz CT molecular complexity index is 918. The number of aromatic nitrogens is 2. The summed E-state index contributed by atoms with van der Waals surface area (Å²) in [6.07, 6.45) is 4.53. The number of nitrogens with zero attached hydrogens (tertiary/aromatic N) is 2. The van der Waals surface area contributed by atoms with Crippen molar-refractivity contribution in [1.29, 1.82) is 0 Å². The third-order valence-electron chi connectivity index (χ3n) is 3.88. The Labute approximate surface area is 167 Å². The number of esters is 1. The lowest BCUT2D eigenvalue weighted by Crippen LogP contribution is -2.19. The summed E-state index contributed by atoms with van der Waals surface area (Å²) in [5.74, 6) is -0.376. The van der Waals surface area contributed by atoms with Crippen LogP contribution < -0.4 is 10.6 Å². The van der Waals surface area contributed by atoms with Gasteiger partial charge >= 0.3 is 5.97 Å². The van der Waals surface area contributed by atoms with Crippen LogP contribution in [0.1, 0.15) is 27.7 Å². The van der Waals surface area contributed by atoms with Crippen LogP contribution in [0.25, 0.3) is 0 Å². The number of anilines is 2. The van der Waals surface area contributed by atoms with Crippen LogP contribution in [0.15, 0.2) is 48.8 Å². The van der Waals surface area contributed by atoms with Gasteiger partial charge in [0, 0.05) is 23.0 Å². The zero-order valence-corrected chi connectivity index (χ0v) is 16.7. The summed E-state index contributed by atoms with van der Waals surface area (Å²) >= 11 is 6.89. The molecular weight excluding hydrogens is 380 g/mol. The molecule has 0 aliphatic heterocycles. The fourth-order valence-corrected chi connectivity index (χ4v) is 3.78. The molecule has 8 heteroatoms. The molecule has 140 valence electrons. The van der Waals surface area contributed by atoms with Crippen LogP contribution in [0, 0.1) is 0 Å². The number of aryl methyl sites for hydroxylation is 1. The van der Waals surface area contributed by atoms with Crippen molar-refractivity contribution in [2.24, 2.45) is 0 Å². The first kappa shape index (κ1) is 19.1. The molecule has 1 aromatic carbocycles. The number of ether oxygens (including phenoxy) is 1. The Kier molecular flexibility index (Phi) is 6.20. The first-order valence-electron chi connectivity index (χ1n) is 8.44. The van der Waals surface area contributed by atoms with Gasteiger partial charge in [0.05, 0.1) is 19.2 Å². The lowest BCUT2D eigenvalue weighted by molar-refractivity contribution is 0.0602. The first-order valence-corrected chi connectivity index (χ1v) is 9.67. The Hall–Kier alpha value is -2.71. The molecule has 0 saturated heterocycles. The SMILES string of the molecule is CCc1cc(C(=O)OC)c(NC(=S)Nc2ccc(Cn3cccn3)cc2)s1. The van der Waals surface area contributed by atoms with E-state index >= 15 is 0 Å². The predicted octanol–water partition coefficient (Wildman–Crippen LogP) is 4.15. The number of methoxy groups -OCH3 is 1. The second-order valence-electron chi connectivity index (χ2n) is 5.78. The van der Waals surface area contributed by atoms with Crippen molar-refractivity contribution in [2.75, 3.05) is 17.7 Å². The summed E-state index contributed by atoms with van der Waals surface area (Å²) in [4.78, 5) is 13.0. The van der Waals surface area contributed by atoms with Gasteiger partial charge in [0.25, 0.3) is 0 Å². The second kappa shape index (κ2) is 8.79. The minimum absolute atomic E-state index is 0.376. The van der Waals surface area contributed by atoms with E-state index in [4.69, 9.17) is 17.0 Å². The highest BCUT2D eigenvalue weighted by atomic mass is 32.1. The number of carbonyl (C=O) groups is 1. The van der Waals surface area contributed by atoms with Gasteiger partial charge in [-0.15, -0.1) is 11.3 Å². The molecule has 0 fully saturated rings. The van der Waals surface area contributed by atoms with E-state index in [2.05, 4.69) is 15.7 Å². The van der Waals surface area contributed by atoms with Crippen LogP contribution in [-0.4, -0.2) is 28.0 Å². The molecule has 2 N–H and O–H groups in total. The van der Waals surface area contributed by atoms with Gasteiger partial charge in [-0.3, -0.25) is 4.68 Å². The number of rotatable bonds is 6. The van der Waals surface area contributed by atoms with E-state index in [-0.39, 0.29) is 5.97 Å². The molecule has 3 aromatic rings. The average molecular weight is 401 g/mol. The summed E-state index contributed by atoms with van der Waals surface area (Å²) < 4.78 is 6.71. The smallest absolute Gasteiger partial charge is 0.340 e. The highest BCUT2D eigenvalue weighted by Crippen LogP contribution is 2.29. The van der Waals surface area contributed by atoms with Crippen molar-refractivity contribution in [3.63, 3.8) is 0 Å². The van der Waals surface area contributed by atoms with Crippen LogP contribution in [0.4, 0.5) is 10.7 Å². The first-order chi connectivity index (χ1) is 13.1. The second-order valence-corrected chi connectivity index (χ2v) is 7.33. The largest absolute Gasteiger partial charge is 0.465 e. The van der Waals surface area contributed by atoms with Gasteiger partial charge in [-0.2, -0.15) is 5.10 Å². The molecule has 0 aliphatic rings. The molecule has 0 spiro atoms. The number of hydrogen-bond acceptors (Lipinski definition) is 5. The van der Waals surface area contributed by atoms with Gasteiger partial charge in [-0.05, 0) is 48.5 Å². The van der Waals surface area contributed by atoms with Crippen LogP contribution in [-0.2, 0) is 17.7 Å². The Morgan fingerprint density at radius 3 is 2.70 bits per heavy atom. The Balaban J connectivity index is 1.64. The monoisotopic (exact) mass is 400 g/mol. The van der Waals surface area contributed by atoms with E-state index in [0.717, 1.165) is 22.5 Å². The summed E-state index contributed by atoms with van der Waals surface area (Å²) in [5, 5.41) is 11.6. The van der Waals surface area contributed by atoms with E-state index in [1.807, 2.05) is 54.2 Å². The molecule has 0 unspecified atom stereocenters. The molecule has 0 aliphatic carbocycles. The zero-order valence-electron chi connectivity index (χ0n) is 15.1. The maximum atomic E-state index is 11.9. The van der Waals surface area contributed by atoms with Crippen molar-refractivity contribution in [3.8, 4) is 0 Å². The summed E-state index contributed by atoms with van der Waals surface area (Å²) in [7, 11) is 1.37. The van der Waals surface area contributed by atoms with E-state index in [9.17, 15) is 4.79 Å². The average Bonchev–Trinajstić information content (AvgIpc) is 3.32. The fraction of sp³-hybridized carbons (Fsp3) is 0.211. The lowest BCUT2D eigenvalue weighted by Gasteiger charge is -2.11. The highest BCUT2D eigenvalue weighted by Gasteiger charge is 2.17. The molecule has 6 nitrogen and oxygen atoms in total. The molecule has 27 heavy (non-hydrogen) atoms. The number of thiocarbonyl (C=S) groups is 1. The molecule has 0 amide bonds. The fourth-order valence-electron chi connectivity index (χ4n) is 2.51. The third-order valence-corrected chi connectivity index (χ3v) is 5.28. The predicted molar refractivity (Wildman–Crippen MR) is 113 cm³/mol. The van der Waals surface area contributed by atoms with Crippen LogP contribution >= 0.6 is 23.6 Å². The number of hydrogen-bond donors (Lipinski definition) is 2. The summed E-state index contributed by atoms with van der Waals surface area (Å²) in [6.45, 7) is 2.76. The van der Waals surface area contributed by atoms with Crippen molar-refractivity contribution in [2.45, 2.75) is 19.9 Å². The van der Waals surface area contributed by atoms with Gasteiger partial charge in [0.2, 0.25) is 0 Å². The minimum atomic E-state index is -0.376. The van der Waals surface area contributed by atoms with Crippen molar-refractivity contribution < 1.29 is 9.53 Å². The number of thiophene rings is 1. The van der Waals surface area contributed by atoms with Gasteiger partial charge in [0.15, 0.2) is 5.11 Å². The summed E-state index contributed by atoms with van der Waals surface area (Å²) in [6, 6.07) is 11.7. The molecule has 0 saturated carbocycles. The van der Waals surface area contributed by atoms with Crippen molar-refractivity contribution in [1.82, 2.24) is 9.78 Å². The van der Waals surface area contributed by atoms with Gasteiger partial charge in [-0.1, -0.05) is 19.1 Å². The molecule has 0 atom stereocenters. The number of nitrogens with one attached hydrogen (secondary N) is 2. The number of carbonyl (C=O) groups excluding carboxylic acids is 1. The van der Waals surface area contributed by atoms with Crippen molar-refractivity contribution in [3.05, 3.63) is 64.8 Å². The van der Waals surface area contributed by atoms with Crippen LogP contribution in [0.3, 0.4) is 0 Å². The summed E-state index contributed by atoms with van der Waals surface area (Å²) in [5.41, 5.74) is 2.50. The topological polar surface area (TPSA) is 68.2 Å². The Morgan fingerprint density at radius 1 is 1.30 bits per heavy atom. The lowest BCUT2D eigenvalue weighted by atomic mass is 10.2. The number of benzene rings is 1. The molecular formula is C19H20N4O2S2. The molecule has 0 radical (unpaired) electrons. The molecule has 0 bridgehead atoms. The molecule has 2 aromatic heterocycles. The van der Waals surface area contributed by atoms with E-state index in [1.165, 1.54) is 18.4 Å². The normalized spacial score (nSPS) is 10.4. The van der Waals surface area contributed by atoms with Gasteiger partial charge < -0.3 is 15.4 Å². The van der Waals surface area contributed by atoms with Gasteiger partial charge in [-0.25, -0.2) is 4.79 Å². The molecule has 2 heterocycles. The van der Waals surface area contributed by atoms with Crippen LogP contribution in [0.2, 0.25) is 0 Å². The minimum Gasteiger partial charge on any atom is -0.465 e. The van der Waals surface area contributed by atoms with Crippen molar-refractivity contribution >= 4 is 45.3 Å². The highest BCUT2D eigenvalue weighted by molar-refractivity contribution is 7.80. The van der Waals surface area contributed by atoms with Gasteiger partial charge in [0.1, 0.15) is 5.00 Å². The quantitative estimate of drug-likeness (QED) is 0.479. The van der Waals surface area contributed by atoms with E-state index < -0.39 is 0 Å². The van der Waals surface area contributed by atoms with Crippen LogP contribution in [0.5, 0.6) is 0 Å². The maximum absolute atomic E-state index is 11.9. The third kappa shape index (κ3) is 4.93. The standard InChI is InChI=1S/C19H20N4O2S2/c1-3-15-11-16(18(24)25-2)17(27-15)22-19(26)21-14-7-5-13(6-8-14)12-23-10-4-9-20-23/h4-11H,3,12H2,1-2H3,(H2,21,22,26). The van der Waals surface area contributed by atoms with E-state index in [0.29, 0.717) is 22.2 Å². The zero-order chi connectivity index (χ0) is 19.2. The molecule has 3 rings (SSSR count).